The van der Waals surface area contributed by atoms with Crippen LogP contribution in [0, 0.1) is 23.7 Å². The van der Waals surface area contributed by atoms with Gasteiger partial charge in [-0.15, -0.1) is 12.3 Å². The zero-order valence-electron chi connectivity index (χ0n) is 7.35. The number of hydrogen-bond donors (Lipinski definition) is 0. The summed E-state index contributed by atoms with van der Waals surface area (Å²) in [5, 5.41) is 8.32. The van der Waals surface area contributed by atoms with Crippen molar-refractivity contribution in [3.63, 3.8) is 0 Å². The van der Waals surface area contributed by atoms with Gasteiger partial charge in [0.25, 0.3) is 0 Å². The minimum Gasteiger partial charge on any atom is -0.198 e. The number of nitrogens with zero attached hydrogens (tertiary/aromatic N) is 1. The molecule has 0 aromatic heterocycles. The molecule has 0 aromatic carbocycles. The van der Waals surface area contributed by atoms with E-state index in [-0.39, 0.29) is 0 Å². The maximum Gasteiger partial charge on any atom is 0.0621 e. The molecular weight excluding hydrogens is 150 g/mol. The van der Waals surface area contributed by atoms with Crippen molar-refractivity contribution in [1.82, 2.24) is 0 Å². The fourth-order valence-corrected chi connectivity index (χ4v) is 2.87. The Morgan fingerprint density at radius 1 is 1.45 bits per heavy atom. The highest BCUT2D eigenvalue weighted by molar-refractivity contribution is 6.78. The Kier molecular flexibility index (Phi) is 4.66. The Hall–Kier alpha value is -0.733. The number of unbranched alkanes of at least 4 members (excludes halogenated alkanes) is 1. The highest BCUT2D eigenvalue weighted by Gasteiger charge is 2.17. The number of terminal acetylenes is 1. The summed E-state index contributed by atoms with van der Waals surface area (Å²) in [6.45, 7) is 4.56. The van der Waals surface area contributed by atoms with Crippen LogP contribution in [0.5, 0.6) is 0 Å². The number of nitriles is 1. The SMILES string of the molecule is C#CC[Si](C)(C)CCCC#N. The molecule has 0 spiro atoms. The van der Waals surface area contributed by atoms with Crippen LogP contribution in [0.15, 0.2) is 0 Å². The van der Waals surface area contributed by atoms with Gasteiger partial charge in [0.1, 0.15) is 0 Å². The molecule has 60 valence electrons. The third kappa shape index (κ3) is 5.70. The molecular formula is C9H15NSi. The van der Waals surface area contributed by atoms with Gasteiger partial charge < -0.3 is 0 Å². The van der Waals surface area contributed by atoms with Crippen LogP contribution in [0.2, 0.25) is 25.2 Å². The summed E-state index contributed by atoms with van der Waals surface area (Å²) >= 11 is 0. The fourth-order valence-electron chi connectivity index (χ4n) is 1.01. The normalized spacial score (nSPS) is 10.2. The van der Waals surface area contributed by atoms with E-state index >= 15 is 0 Å². The lowest BCUT2D eigenvalue weighted by atomic mass is 10.4. The number of hydrogen-bond acceptors (Lipinski definition) is 1. The summed E-state index contributed by atoms with van der Waals surface area (Å²) in [4.78, 5) is 0. The van der Waals surface area contributed by atoms with Gasteiger partial charge in [-0.1, -0.05) is 19.1 Å². The summed E-state index contributed by atoms with van der Waals surface area (Å²) in [5.74, 6) is 2.71. The molecule has 0 atom stereocenters. The van der Waals surface area contributed by atoms with Gasteiger partial charge in [0.15, 0.2) is 0 Å². The van der Waals surface area contributed by atoms with Gasteiger partial charge in [-0.25, -0.2) is 0 Å². The molecule has 0 radical (unpaired) electrons. The Morgan fingerprint density at radius 2 is 2.09 bits per heavy atom. The van der Waals surface area contributed by atoms with Crippen LogP contribution in [-0.4, -0.2) is 8.07 Å². The molecule has 0 saturated carbocycles. The summed E-state index contributed by atoms with van der Waals surface area (Å²) < 4.78 is 0. The van der Waals surface area contributed by atoms with Crippen molar-refractivity contribution in [3.8, 4) is 18.4 Å². The first-order valence-corrected chi connectivity index (χ1v) is 7.34. The summed E-state index contributed by atoms with van der Waals surface area (Å²) in [6, 6.07) is 4.28. The highest BCUT2D eigenvalue weighted by atomic mass is 28.3. The van der Waals surface area contributed by atoms with Crippen molar-refractivity contribution < 1.29 is 0 Å². The predicted octanol–water partition coefficient (Wildman–Crippen LogP) is 2.63. The lowest BCUT2D eigenvalue weighted by Gasteiger charge is -2.17. The molecule has 0 saturated heterocycles. The van der Waals surface area contributed by atoms with Gasteiger partial charge in [0.2, 0.25) is 0 Å². The van der Waals surface area contributed by atoms with Crippen LogP contribution < -0.4 is 0 Å². The zero-order chi connectivity index (χ0) is 8.74. The standard InChI is InChI=1S/C9H15NSi/c1-4-8-11(2,3)9-6-5-7-10/h1H,5-6,8-9H2,2-3H3. The molecule has 0 heterocycles. The van der Waals surface area contributed by atoms with E-state index in [1.807, 2.05) is 0 Å². The molecule has 2 heteroatoms. The van der Waals surface area contributed by atoms with Crippen LogP contribution in [0.3, 0.4) is 0 Å². The van der Waals surface area contributed by atoms with Crippen molar-refractivity contribution in [2.24, 2.45) is 0 Å². The van der Waals surface area contributed by atoms with Crippen molar-refractivity contribution >= 4 is 8.07 Å². The predicted molar refractivity (Wildman–Crippen MR) is 50.8 cm³/mol. The Morgan fingerprint density at radius 3 is 2.55 bits per heavy atom. The maximum absolute atomic E-state index is 8.32. The van der Waals surface area contributed by atoms with Gasteiger partial charge in [-0.2, -0.15) is 5.26 Å². The van der Waals surface area contributed by atoms with Gasteiger partial charge in [-0.05, 0) is 6.42 Å². The Labute approximate surface area is 70.4 Å². The largest absolute Gasteiger partial charge is 0.198 e. The minimum atomic E-state index is -1.13. The van der Waals surface area contributed by atoms with Crippen molar-refractivity contribution in [3.05, 3.63) is 0 Å². The molecule has 0 aromatic rings. The summed E-state index contributed by atoms with van der Waals surface area (Å²) in [5.41, 5.74) is 0. The third-order valence-corrected chi connectivity index (χ3v) is 4.59. The van der Waals surface area contributed by atoms with E-state index in [1.165, 1.54) is 6.04 Å². The van der Waals surface area contributed by atoms with E-state index in [4.69, 9.17) is 11.7 Å². The maximum atomic E-state index is 8.32. The topological polar surface area (TPSA) is 23.8 Å². The molecule has 0 bridgehead atoms. The molecule has 0 fully saturated rings. The van der Waals surface area contributed by atoms with Crippen molar-refractivity contribution in [2.75, 3.05) is 0 Å². The smallest absolute Gasteiger partial charge is 0.0621 e. The Bertz CT molecular complexity index is 183. The van der Waals surface area contributed by atoms with Crippen LogP contribution in [-0.2, 0) is 0 Å². The van der Waals surface area contributed by atoms with Crippen LogP contribution in [0.1, 0.15) is 12.8 Å². The second kappa shape index (κ2) is 4.99. The van der Waals surface area contributed by atoms with Gasteiger partial charge in [0.05, 0.1) is 14.1 Å². The van der Waals surface area contributed by atoms with Crippen molar-refractivity contribution in [1.29, 1.82) is 5.26 Å². The molecule has 0 amide bonds. The van der Waals surface area contributed by atoms with E-state index in [0.717, 1.165) is 12.5 Å². The third-order valence-electron chi connectivity index (χ3n) is 1.72. The average Bonchev–Trinajstić information content (AvgIpc) is 1.87. The zero-order valence-corrected chi connectivity index (χ0v) is 8.35. The first kappa shape index (κ1) is 10.3. The van der Waals surface area contributed by atoms with Crippen LogP contribution in [0.25, 0.3) is 0 Å². The van der Waals surface area contributed by atoms with E-state index in [2.05, 4.69) is 25.1 Å². The summed E-state index contributed by atoms with van der Waals surface area (Å²) in [6.07, 6.45) is 6.95. The molecule has 0 aliphatic carbocycles. The molecule has 1 nitrogen and oxygen atoms in total. The molecule has 11 heavy (non-hydrogen) atoms. The average molecular weight is 165 g/mol. The van der Waals surface area contributed by atoms with E-state index in [9.17, 15) is 0 Å². The molecule has 0 rings (SSSR count). The number of rotatable bonds is 4. The first-order chi connectivity index (χ1) is 5.12. The summed E-state index contributed by atoms with van der Waals surface area (Å²) in [7, 11) is -1.13. The molecule has 0 aliphatic heterocycles. The second-order valence-corrected chi connectivity index (χ2v) is 8.74. The lowest BCUT2D eigenvalue weighted by molar-refractivity contribution is 0.941. The molecule has 0 aliphatic rings. The molecule has 0 unspecified atom stereocenters. The first-order valence-electron chi connectivity index (χ1n) is 3.93. The highest BCUT2D eigenvalue weighted by Crippen LogP contribution is 2.17. The van der Waals surface area contributed by atoms with Gasteiger partial charge in [-0.3, -0.25) is 0 Å². The quantitative estimate of drug-likeness (QED) is 0.357. The second-order valence-electron chi connectivity index (χ2n) is 3.56. The van der Waals surface area contributed by atoms with E-state index in [0.29, 0.717) is 6.42 Å². The van der Waals surface area contributed by atoms with E-state index < -0.39 is 8.07 Å². The monoisotopic (exact) mass is 165 g/mol. The van der Waals surface area contributed by atoms with Gasteiger partial charge >= 0.3 is 0 Å². The van der Waals surface area contributed by atoms with Crippen LogP contribution in [0.4, 0.5) is 0 Å². The van der Waals surface area contributed by atoms with Crippen molar-refractivity contribution in [2.45, 2.75) is 38.0 Å². The van der Waals surface area contributed by atoms with Gasteiger partial charge in [0, 0.05) is 12.5 Å². The minimum absolute atomic E-state index is 0.682. The molecule has 0 N–H and O–H groups in total. The fraction of sp³-hybridized carbons (Fsp3) is 0.667. The Balaban J connectivity index is 3.58. The van der Waals surface area contributed by atoms with E-state index in [1.54, 1.807) is 0 Å². The lowest BCUT2D eigenvalue weighted by Crippen LogP contribution is -2.23. The van der Waals surface area contributed by atoms with Crippen LogP contribution >= 0.6 is 0 Å².